The van der Waals surface area contributed by atoms with Gasteiger partial charge in [-0.1, -0.05) is 19.3 Å². The molecule has 0 radical (unpaired) electrons. The van der Waals surface area contributed by atoms with E-state index < -0.39 is 0 Å². The summed E-state index contributed by atoms with van der Waals surface area (Å²) in [5.74, 6) is 0.394. The first-order valence-corrected chi connectivity index (χ1v) is 6.22. The highest BCUT2D eigenvalue weighted by molar-refractivity contribution is 5.80. The largest absolute Gasteiger partial charge is 0.342 e. The SMILES string of the molecule is CN(C(=O)C1CCCCCC1N)C1CC1. The van der Waals surface area contributed by atoms with Gasteiger partial charge in [0.2, 0.25) is 5.91 Å². The van der Waals surface area contributed by atoms with Gasteiger partial charge in [0.1, 0.15) is 0 Å². The maximum atomic E-state index is 12.2. The Morgan fingerprint density at radius 3 is 2.47 bits per heavy atom. The summed E-state index contributed by atoms with van der Waals surface area (Å²) in [4.78, 5) is 14.1. The molecule has 2 aliphatic rings. The molecule has 0 saturated heterocycles. The molecule has 2 saturated carbocycles. The molecule has 15 heavy (non-hydrogen) atoms. The number of carbonyl (C=O) groups excluding carboxylic acids is 1. The molecule has 0 heterocycles. The number of rotatable bonds is 2. The number of amides is 1. The van der Waals surface area contributed by atoms with E-state index in [1.165, 1.54) is 32.1 Å². The number of hydrogen-bond donors (Lipinski definition) is 1. The van der Waals surface area contributed by atoms with Gasteiger partial charge in [-0.2, -0.15) is 0 Å². The number of nitrogens with zero attached hydrogens (tertiary/aromatic N) is 1. The fraction of sp³-hybridized carbons (Fsp3) is 0.917. The Balaban J connectivity index is 1.96. The second kappa shape index (κ2) is 4.52. The Bertz CT molecular complexity index is 238. The van der Waals surface area contributed by atoms with Crippen LogP contribution in [-0.2, 0) is 4.79 Å². The van der Waals surface area contributed by atoms with Gasteiger partial charge in [-0.15, -0.1) is 0 Å². The maximum absolute atomic E-state index is 12.2. The van der Waals surface area contributed by atoms with Crippen molar-refractivity contribution in [3.05, 3.63) is 0 Å². The molecule has 0 aliphatic heterocycles. The van der Waals surface area contributed by atoms with Crippen LogP contribution in [0.1, 0.15) is 44.9 Å². The Kier molecular flexibility index (Phi) is 3.29. The maximum Gasteiger partial charge on any atom is 0.227 e. The average molecular weight is 210 g/mol. The van der Waals surface area contributed by atoms with E-state index in [0.717, 1.165) is 12.8 Å². The van der Waals surface area contributed by atoms with Crippen molar-refractivity contribution in [3.63, 3.8) is 0 Å². The Labute approximate surface area is 92.0 Å². The van der Waals surface area contributed by atoms with E-state index >= 15 is 0 Å². The molecule has 2 fully saturated rings. The zero-order valence-electron chi connectivity index (χ0n) is 9.61. The molecule has 86 valence electrons. The van der Waals surface area contributed by atoms with Crippen LogP contribution in [0.25, 0.3) is 0 Å². The van der Waals surface area contributed by atoms with Crippen molar-refractivity contribution in [1.29, 1.82) is 0 Å². The van der Waals surface area contributed by atoms with Gasteiger partial charge < -0.3 is 10.6 Å². The van der Waals surface area contributed by atoms with Crippen LogP contribution in [0.2, 0.25) is 0 Å². The first-order chi connectivity index (χ1) is 7.20. The summed E-state index contributed by atoms with van der Waals surface area (Å²) in [7, 11) is 1.94. The predicted molar refractivity (Wildman–Crippen MR) is 60.3 cm³/mol. The topological polar surface area (TPSA) is 46.3 Å². The fourth-order valence-corrected chi connectivity index (χ4v) is 2.55. The third-order valence-corrected chi connectivity index (χ3v) is 3.83. The Morgan fingerprint density at radius 2 is 1.80 bits per heavy atom. The molecule has 0 aromatic carbocycles. The van der Waals surface area contributed by atoms with Crippen molar-refractivity contribution in [2.45, 2.75) is 57.0 Å². The second-order valence-corrected chi connectivity index (χ2v) is 5.09. The molecular formula is C12H22N2O. The third kappa shape index (κ3) is 2.51. The monoisotopic (exact) mass is 210 g/mol. The van der Waals surface area contributed by atoms with E-state index in [1.807, 2.05) is 11.9 Å². The lowest BCUT2D eigenvalue weighted by Crippen LogP contribution is -2.43. The van der Waals surface area contributed by atoms with Gasteiger partial charge in [0.05, 0.1) is 5.92 Å². The van der Waals surface area contributed by atoms with E-state index in [-0.39, 0.29) is 12.0 Å². The van der Waals surface area contributed by atoms with Crippen LogP contribution in [0.4, 0.5) is 0 Å². The van der Waals surface area contributed by atoms with Crippen molar-refractivity contribution < 1.29 is 4.79 Å². The molecule has 3 nitrogen and oxygen atoms in total. The summed E-state index contributed by atoms with van der Waals surface area (Å²) in [6.45, 7) is 0. The lowest BCUT2D eigenvalue weighted by atomic mass is 9.94. The van der Waals surface area contributed by atoms with Gasteiger partial charge in [0, 0.05) is 19.1 Å². The molecular weight excluding hydrogens is 188 g/mol. The predicted octanol–water partition coefficient (Wildman–Crippen LogP) is 1.51. The van der Waals surface area contributed by atoms with Crippen molar-refractivity contribution in [3.8, 4) is 0 Å². The summed E-state index contributed by atoms with van der Waals surface area (Å²) in [6.07, 6.45) is 7.99. The van der Waals surface area contributed by atoms with E-state index in [2.05, 4.69) is 0 Å². The van der Waals surface area contributed by atoms with Crippen LogP contribution in [0.5, 0.6) is 0 Å². The highest BCUT2D eigenvalue weighted by atomic mass is 16.2. The van der Waals surface area contributed by atoms with Crippen LogP contribution >= 0.6 is 0 Å². The number of carbonyl (C=O) groups is 1. The molecule has 1 amide bonds. The molecule has 2 rings (SSSR count). The van der Waals surface area contributed by atoms with Gasteiger partial charge in [0.15, 0.2) is 0 Å². The summed E-state index contributed by atoms with van der Waals surface area (Å²) in [5.41, 5.74) is 6.09. The highest BCUT2D eigenvalue weighted by Crippen LogP contribution is 2.30. The minimum atomic E-state index is 0.0955. The lowest BCUT2D eigenvalue weighted by molar-refractivity contribution is -0.135. The lowest BCUT2D eigenvalue weighted by Gasteiger charge is -2.26. The van der Waals surface area contributed by atoms with Crippen LogP contribution < -0.4 is 5.73 Å². The summed E-state index contributed by atoms with van der Waals surface area (Å²) in [5, 5.41) is 0. The van der Waals surface area contributed by atoms with Crippen molar-refractivity contribution in [1.82, 2.24) is 4.90 Å². The Morgan fingerprint density at radius 1 is 1.13 bits per heavy atom. The molecule has 2 N–H and O–H groups in total. The van der Waals surface area contributed by atoms with Gasteiger partial charge in [-0.25, -0.2) is 0 Å². The van der Waals surface area contributed by atoms with Crippen molar-refractivity contribution in [2.75, 3.05) is 7.05 Å². The zero-order chi connectivity index (χ0) is 10.8. The van der Waals surface area contributed by atoms with Gasteiger partial charge >= 0.3 is 0 Å². The average Bonchev–Trinajstić information content (AvgIpc) is 3.02. The molecule has 2 unspecified atom stereocenters. The van der Waals surface area contributed by atoms with Crippen LogP contribution in [0.3, 0.4) is 0 Å². The number of hydrogen-bond acceptors (Lipinski definition) is 2. The van der Waals surface area contributed by atoms with Crippen LogP contribution in [0.15, 0.2) is 0 Å². The van der Waals surface area contributed by atoms with Gasteiger partial charge in [0.25, 0.3) is 0 Å². The second-order valence-electron chi connectivity index (χ2n) is 5.09. The van der Waals surface area contributed by atoms with Crippen LogP contribution in [0, 0.1) is 5.92 Å². The molecule has 0 spiro atoms. The summed E-state index contributed by atoms with van der Waals surface area (Å²) >= 11 is 0. The minimum absolute atomic E-state index is 0.0955. The highest BCUT2D eigenvalue weighted by Gasteiger charge is 2.35. The summed E-state index contributed by atoms with van der Waals surface area (Å²) in [6, 6.07) is 0.620. The standard InChI is InChI=1S/C12H22N2O/c1-14(9-7-8-9)12(15)10-5-3-2-4-6-11(10)13/h9-11H,2-8,13H2,1H3. The first kappa shape index (κ1) is 10.9. The molecule has 2 atom stereocenters. The smallest absolute Gasteiger partial charge is 0.227 e. The van der Waals surface area contributed by atoms with Crippen LogP contribution in [-0.4, -0.2) is 29.9 Å². The molecule has 0 aromatic rings. The molecule has 0 bridgehead atoms. The van der Waals surface area contributed by atoms with Gasteiger partial charge in [-0.05, 0) is 25.7 Å². The number of nitrogens with two attached hydrogens (primary N) is 1. The first-order valence-electron chi connectivity index (χ1n) is 6.22. The van der Waals surface area contributed by atoms with Crippen molar-refractivity contribution >= 4 is 5.91 Å². The van der Waals surface area contributed by atoms with Crippen molar-refractivity contribution in [2.24, 2.45) is 11.7 Å². The zero-order valence-corrected chi connectivity index (χ0v) is 9.61. The van der Waals surface area contributed by atoms with Gasteiger partial charge in [-0.3, -0.25) is 4.79 Å². The third-order valence-electron chi connectivity index (χ3n) is 3.83. The van der Waals surface area contributed by atoms with E-state index in [9.17, 15) is 4.79 Å². The fourth-order valence-electron chi connectivity index (χ4n) is 2.55. The van der Waals surface area contributed by atoms with E-state index in [1.54, 1.807) is 0 Å². The molecule has 2 aliphatic carbocycles. The normalized spacial score (nSPS) is 32.1. The minimum Gasteiger partial charge on any atom is -0.342 e. The molecule has 3 heteroatoms. The Hall–Kier alpha value is -0.570. The quantitative estimate of drug-likeness (QED) is 0.702. The van der Waals surface area contributed by atoms with E-state index in [4.69, 9.17) is 5.73 Å². The summed E-state index contributed by atoms with van der Waals surface area (Å²) < 4.78 is 0. The molecule has 0 aromatic heterocycles. The van der Waals surface area contributed by atoms with E-state index in [0.29, 0.717) is 11.9 Å².